The number of ether oxygens (including phenoxy) is 2. The summed E-state index contributed by atoms with van der Waals surface area (Å²) in [6.45, 7) is 5.40. The molecule has 0 bridgehead atoms. The molecule has 2 aromatic carbocycles. The number of nitriles is 1. The summed E-state index contributed by atoms with van der Waals surface area (Å²) in [6.07, 6.45) is -0.565. The van der Waals surface area contributed by atoms with E-state index in [1.54, 1.807) is 69.3 Å². The number of rotatable bonds is 4. The quantitative estimate of drug-likeness (QED) is 0.831. The van der Waals surface area contributed by atoms with Crippen LogP contribution in [0.5, 0.6) is 0 Å². The fourth-order valence-corrected chi connectivity index (χ4v) is 2.07. The summed E-state index contributed by atoms with van der Waals surface area (Å²) in [5.41, 5.74) is 1.53. The molecular weight excluding hydrogens is 332 g/mol. The smallest absolute Gasteiger partial charge is 0.412 e. The van der Waals surface area contributed by atoms with Crippen LogP contribution in [-0.4, -0.2) is 17.7 Å². The van der Waals surface area contributed by atoms with Crippen LogP contribution in [-0.2, 0) is 16.1 Å². The van der Waals surface area contributed by atoms with Crippen LogP contribution in [0.2, 0.25) is 0 Å². The number of hydrogen-bond donors (Lipinski definition) is 1. The number of carbonyl (C=O) groups is 2. The lowest BCUT2D eigenvalue weighted by Gasteiger charge is -2.19. The fourth-order valence-electron chi connectivity index (χ4n) is 2.07. The SMILES string of the molecule is CC(C)(C)OC(=O)Nc1ccc(C(=O)OCc2cccc(C#N)c2)cc1. The molecule has 0 aliphatic heterocycles. The van der Waals surface area contributed by atoms with Crippen LogP contribution in [0.3, 0.4) is 0 Å². The zero-order chi connectivity index (χ0) is 19.2. The van der Waals surface area contributed by atoms with Gasteiger partial charge >= 0.3 is 12.1 Å². The van der Waals surface area contributed by atoms with Crippen molar-refractivity contribution < 1.29 is 19.1 Å². The predicted molar refractivity (Wildman–Crippen MR) is 96.6 cm³/mol. The highest BCUT2D eigenvalue weighted by Gasteiger charge is 2.16. The monoisotopic (exact) mass is 352 g/mol. The van der Waals surface area contributed by atoms with Gasteiger partial charge in [-0.2, -0.15) is 5.26 Å². The molecule has 0 aromatic heterocycles. The molecule has 0 atom stereocenters. The minimum Gasteiger partial charge on any atom is -0.457 e. The second-order valence-electron chi connectivity index (χ2n) is 6.59. The molecule has 0 fully saturated rings. The number of nitrogens with one attached hydrogen (secondary N) is 1. The van der Waals surface area contributed by atoms with E-state index in [1.165, 1.54) is 0 Å². The molecule has 2 aromatic rings. The number of hydrogen-bond acceptors (Lipinski definition) is 5. The summed E-state index contributed by atoms with van der Waals surface area (Å²) in [7, 11) is 0. The first-order chi connectivity index (χ1) is 12.3. The third-order valence-electron chi connectivity index (χ3n) is 3.19. The van der Waals surface area contributed by atoms with Crippen LogP contribution in [0.15, 0.2) is 48.5 Å². The zero-order valence-corrected chi connectivity index (χ0v) is 14.9. The minimum absolute atomic E-state index is 0.0757. The first-order valence-corrected chi connectivity index (χ1v) is 8.03. The van der Waals surface area contributed by atoms with Gasteiger partial charge in [0.05, 0.1) is 17.2 Å². The molecule has 0 unspecified atom stereocenters. The molecule has 0 heterocycles. The van der Waals surface area contributed by atoms with Crippen LogP contribution in [0.25, 0.3) is 0 Å². The van der Waals surface area contributed by atoms with E-state index in [4.69, 9.17) is 14.7 Å². The van der Waals surface area contributed by atoms with Crippen molar-refractivity contribution in [2.75, 3.05) is 5.32 Å². The van der Waals surface area contributed by atoms with Gasteiger partial charge in [-0.25, -0.2) is 9.59 Å². The number of anilines is 1. The standard InChI is InChI=1S/C20H20N2O4/c1-20(2,3)26-19(24)22-17-9-7-16(8-10-17)18(23)25-13-15-6-4-5-14(11-15)12-21/h4-11H,13H2,1-3H3,(H,22,24). The minimum atomic E-state index is -0.587. The predicted octanol–water partition coefficient (Wildman–Crippen LogP) is 4.26. The highest BCUT2D eigenvalue weighted by Crippen LogP contribution is 2.14. The Morgan fingerprint density at radius 2 is 1.81 bits per heavy atom. The second-order valence-corrected chi connectivity index (χ2v) is 6.59. The molecule has 0 spiro atoms. The molecule has 134 valence electrons. The largest absolute Gasteiger partial charge is 0.457 e. The summed E-state index contributed by atoms with van der Waals surface area (Å²) >= 11 is 0. The number of carbonyl (C=O) groups excluding carboxylic acids is 2. The van der Waals surface area contributed by atoms with Crippen molar-refractivity contribution in [3.05, 3.63) is 65.2 Å². The maximum atomic E-state index is 12.1. The van der Waals surface area contributed by atoms with E-state index in [0.29, 0.717) is 16.8 Å². The molecule has 1 N–H and O–H groups in total. The van der Waals surface area contributed by atoms with Gasteiger partial charge in [-0.3, -0.25) is 5.32 Å². The highest BCUT2D eigenvalue weighted by molar-refractivity contribution is 5.91. The summed E-state index contributed by atoms with van der Waals surface area (Å²) in [6, 6.07) is 15.2. The highest BCUT2D eigenvalue weighted by atomic mass is 16.6. The molecule has 0 radical (unpaired) electrons. The third kappa shape index (κ3) is 5.95. The van der Waals surface area contributed by atoms with Gasteiger partial charge in [-0.15, -0.1) is 0 Å². The fraction of sp³-hybridized carbons (Fsp3) is 0.250. The average molecular weight is 352 g/mol. The van der Waals surface area contributed by atoms with E-state index in [9.17, 15) is 9.59 Å². The van der Waals surface area contributed by atoms with Crippen LogP contribution in [0, 0.1) is 11.3 Å². The Balaban J connectivity index is 1.92. The second kappa shape index (κ2) is 8.17. The lowest BCUT2D eigenvalue weighted by molar-refractivity contribution is 0.0472. The van der Waals surface area contributed by atoms with Crippen LogP contribution < -0.4 is 5.32 Å². The van der Waals surface area contributed by atoms with Crippen LogP contribution in [0.4, 0.5) is 10.5 Å². The first kappa shape index (κ1) is 19.0. The normalized spacial score (nSPS) is 10.5. The topological polar surface area (TPSA) is 88.4 Å². The van der Waals surface area contributed by atoms with E-state index in [0.717, 1.165) is 5.56 Å². The Bertz CT molecular complexity index is 830. The summed E-state index contributed by atoms with van der Waals surface area (Å²) in [4.78, 5) is 23.8. The molecule has 26 heavy (non-hydrogen) atoms. The van der Waals surface area contributed by atoms with Crippen molar-refractivity contribution in [1.82, 2.24) is 0 Å². The van der Waals surface area contributed by atoms with Crippen LogP contribution >= 0.6 is 0 Å². The van der Waals surface area contributed by atoms with Gasteiger partial charge in [0.25, 0.3) is 0 Å². The number of amides is 1. The van der Waals surface area contributed by atoms with Gasteiger partial charge in [-0.05, 0) is 62.7 Å². The number of esters is 1. The lowest BCUT2D eigenvalue weighted by atomic mass is 10.1. The van der Waals surface area contributed by atoms with Crippen molar-refractivity contribution in [2.45, 2.75) is 33.0 Å². The maximum absolute atomic E-state index is 12.1. The molecule has 1 amide bonds. The van der Waals surface area contributed by atoms with Crippen molar-refractivity contribution in [2.24, 2.45) is 0 Å². The molecule has 0 aliphatic rings. The maximum Gasteiger partial charge on any atom is 0.412 e. The van der Waals surface area contributed by atoms with E-state index in [-0.39, 0.29) is 6.61 Å². The number of benzene rings is 2. The van der Waals surface area contributed by atoms with E-state index in [2.05, 4.69) is 5.32 Å². The first-order valence-electron chi connectivity index (χ1n) is 8.03. The zero-order valence-electron chi connectivity index (χ0n) is 14.9. The van der Waals surface area contributed by atoms with Crippen molar-refractivity contribution in [3.63, 3.8) is 0 Å². The number of nitrogens with zero attached hydrogens (tertiary/aromatic N) is 1. The van der Waals surface area contributed by atoms with E-state index < -0.39 is 17.7 Å². The molecular formula is C20H20N2O4. The Labute approximate surface area is 152 Å². The van der Waals surface area contributed by atoms with Gasteiger partial charge in [0.1, 0.15) is 12.2 Å². The lowest BCUT2D eigenvalue weighted by Crippen LogP contribution is -2.27. The van der Waals surface area contributed by atoms with Crippen molar-refractivity contribution >= 4 is 17.7 Å². The van der Waals surface area contributed by atoms with E-state index in [1.807, 2.05) is 6.07 Å². The van der Waals surface area contributed by atoms with Gasteiger partial charge < -0.3 is 9.47 Å². The van der Waals surface area contributed by atoms with Gasteiger partial charge in [0.15, 0.2) is 0 Å². The summed E-state index contributed by atoms with van der Waals surface area (Å²) in [5.74, 6) is -0.490. The molecule has 6 heteroatoms. The average Bonchev–Trinajstić information content (AvgIpc) is 2.59. The van der Waals surface area contributed by atoms with E-state index >= 15 is 0 Å². The molecule has 0 aliphatic carbocycles. The Kier molecular flexibility index (Phi) is 5.97. The molecule has 0 saturated carbocycles. The van der Waals surface area contributed by atoms with Gasteiger partial charge in [0, 0.05) is 5.69 Å². The Morgan fingerprint density at radius 3 is 2.42 bits per heavy atom. The van der Waals surface area contributed by atoms with Crippen molar-refractivity contribution in [1.29, 1.82) is 5.26 Å². The molecule has 6 nitrogen and oxygen atoms in total. The van der Waals surface area contributed by atoms with Gasteiger partial charge in [0.2, 0.25) is 0 Å². The summed E-state index contributed by atoms with van der Waals surface area (Å²) in [5, 5.41) is 11.5. The Hall–Kier alpha value is -3.33. The third-order valence-corrected chi connectivity index (χ3v) is 3.19. The summed E-state index contributed by atoms with van der Waals surface area (Å²) < 4.78 is 10.4. The van der Waals surface area contributed by atoms with Crippen molar-refractivity contribution in [3.8, 4) is 6.07 Å². The molecule has 0 saturated heterocycles. The van der Waals surface area contributed by atoms with Gasteiger partial charge in [-0.1, -0.05) is 12.1 Å². The Morgan fingerprint density at radius 1 is 1.12 bits per heavy atom. The van der Waals surface area contributed by atoms with Crippen LogP contribution in [0.1, 0.15) is 42.3 Å². The molecule has 2 rings (SSSR count).